The van der Waals surface area contributed by atoms with E-state index < -0.39 is 17.8 Å². The summed E-state index contributed by atoms with van der Waals surface area (Å²) >= 11 is 0. The van der Waals surface area contributed by atoms with E-state index in [9.17, 15) is 18.0 Å². The minimum absolute atomic E-state index is 0.0744. The van der Waals surface area contributed by atoms with Gasteiger partial charge in [-0.15, -0.1) is 5.10 Å². The van der Waals surface area contributed by atoms with Gasteiger partial charge in [0.05, 0.1) is 24.9 Å². The molecule has 1 N–H and O–H groups in total. The Labute approximate surface area is 145 Å². The fourth-order valence-corrected chi connectivity index (χ4v) is 2.43. The van der Waals surface area contributed by atoms with Crippen LogP contribution in [0.2, 0.25) is 0 Å². The van der Waals surface area contributed by atoms with Crippen LogP contribution in [0.4, 0.5) is 13.2 Å². The number of carboxylic acid groups (broad SMARTS) is 1. The Morgan fingerprint density at radius 2 is 1.92 bits per heavy atom. The smallest absolute Gasteiger partial charge is 0.435 e. The van der Waals surface area contributed by atoms with Gasteiger partial charge in [0.2, 0.25) is 0 Å². The number of alkyl halides is 3. The zero-order chi connectivity index (χ0) is 18.9. The second kappa shape index (κ2) is 6.62. The molecule has 3 aromatic rings. The molecule has 26 heavy (non-hydrogen) atoms. The van der Waals surface area contributed by atoms with E-state index in [1.54, 1.807) is 30.5 Å². The lowest BCUT2D eigenvalue weighted by Gasteiger charge is -2.01. The average molecular weight is 365 g/mol. The molecule has 0 aliphatic rings. The van der Waals surface area contributed by atoms with E-state index in [1.807, 2.05) is 0 Å². The third-order valence-corrected chi connectivity index (χ3v) is 3.73. The third-order valence-electron chi connectivity index (χ3n) is 3.73. The van der Waals surface area contributed by atoms with Crippen LogP contribution in [0.15, 0.2) is 36.5 Å². The molecule has 0 amide bonds. The first-order valence-electron chi connectivity index (χ1n) is 7.54. The van der Waals surface area contributed by atoms with Crippen LogP contribution < -0.4 is 0 Å². The topological polar surface area (TPSA) is 85.8 Å². The van der Waals surface area contributed by atoms with Crippen molar-refractivity contribution in [2.45, 2.75) is 19.1 Å². The second-order valence-electron chi connectivity index (χ2n) is 5.71. The summed E-state index contributed by atoms with van der Waals surface area (Å²) in [4.78, 5) is 10.7. The molecule has 10 heteroatoms. The van der Waals surface area contributed by atoms with Crippen molar-refractivity contribution in [3.63, 3.8) is 0 Å². The second-order valence-corrected chi connectivity index (χ2v) is 5.71. The minimum Gasteiger partial charge on any atom is -0.481 e. The molecule has 0 saturated heterocycles. The van der Waals surface area contributed by atoms with Crippen molar-refractivity contribution in [3.05, 3.63) is 53.5 Å². The van der Waals surface area contributed by atoms with Crippen LogP contribution in [0.5, 0.6) is 0 Å². The molecule has 0 aliphatic carbocycles. The van der Waals surface area contributed by atoms with Gasteiger partial charge >= 0.3 is 12.1 Å². The van der Waals surface area contributed by atoms with Crippen LogP contribution in [0.25, 0.3) is 11.3 Å². The molecule has 7 nitrogen and oxygen atoms in total. The Kier molecular flexibility index (Phi) is 4.49. The highest BCUT2D eigenvalue weighted by Gasteiger charge is 2.34. The number of benzene rings is 1. The Balaban J connectivity index is 1.76. The van der Waals surface area contributed by atoms with Crippen molar-refractivity contribution in [3.8, 4) is 11.3 Å². The molecule has 0 bridgehead atoms. The highest BCUT2D eigenvalue weighted by molar-refractivity contribution is 5.70. The molecule has 0 unspecified atom stereocenters. The fourth-order valence-electron chi connectivity index (χ4n) is 2.43. The molecule has 0 aliphatic heterocycles. The van der Waals surface area contributed by atoms with Gasteiger partial charge in [-0.1, -0.05) is 29.5 Å². The summed E-state index contributed by atoms with van der Waals surface area (Å²) in [5, 5.41) is 20.2. The molecule has 2 heterocycles. The zero-order valence-corrected chi connectivity index (χ0v) is 13.6. The van der Waals surface area contributed by atoms with Gasteiger partial charge in [-0.3, -0.25) is 9.48 Å². The van der Waals surface area contributed by atoms with Crippen LogP contribution in [0.1, 0.15) is 17.0 Å². The van der Waals surface area contributed by atoms with Gasteiger partial charge in [0.1, 0.15) is 5.69 Å². The molecule has 0 spiro atoms. The fraction of sp³-hybridized carbons (Fsp3) is 0.250. The summed E-state index contributed by atoms with van der Waals surface area (Å²) in [5.41, 5.74) is 1.30. The maximum atomic E-state index is 12.7. The van der Waals surface area contributed by atoms with Gasteiger partial charge in [0, 0.05) is 12.6 Å². The maximum Gasteiger partial charge on any atom is 0.435 e. The van der Waals surface area contributed by atoms with Crippen molar-refractivity contribution < 1.29 is 23.1 Å². The first kappa shape index (κ1) is 17.6. The Morgan fingerprint density at radius 3 is 2.50 bits per heavy atom. The Hall–Kier alpha value is -3.17. The monoisotopic (exact) mass is 365 g/mol. The van der Waals surface area contributed by atoms with Gasteiger partial charge in [-0.05, 0) is 11.6 Å². The lowest BCUT2D eigenvalue weighted by atomic mass is 10.1. The van der Waals surface area contributed by atoms with Crippen molar-refractivity contribution in [2.75, 3.05) is 0 Å². The number of aliphatic carboxylic acids is 1. The van der Waals surface area contributed by atoms with E-state index in [0.29, 0.717) is 17.0 Å². The lowest BCUT2D eigenvalue weighted by molar-refractivity contribution is -0.141. The van der Waals surface area contributed by atoms with Crippen LogP contribution in [0.3, 0.4) is 0 Å². The number of nitrogens with zero attached hydrogens (tertiary/aromatic N) is 5. The summed E-state index contributed by atoms with van der Waals surface area (Å²) < 4.78 is 40.7. The van der Waals surface area contributed by atoms with Gasteiger partial charge in [-0.2, -0.15) is 18.3 Å². The number of rotatable bonds is 5. The van der Waals surface area contributed by atoms with Gasteiger partial charge in [-0.25, -0.2) is 4.68 Å². The van der Waals surface area contributed by atoms with E-state index in [1.165, 1.54) is 11.7 Å². The molecule has 3 rings (SSSR count). The minimum atomic E-state index is -4.50. The van der Waals surface area contributed by atoms with E-state index in [2.05, 4.69) is 15.4 Å². The first-order chi connectivity index (χ1) is 12.2. The number of hydrogen-bond donors (Lipinski definition) is 1. The SMILES string of the molecule is Cn1nc(C(F)(F)F)cc1Cn1cc(-c2ccc(CC(=O)O)cc2)nn1. The summed E-state index contributed by atoms with van der Waals surface area (Å²) in [7, 11) is 1.43. The number of hydrogen-bond acceptors (Lipinski definition) is 4. The van der Waals surface area contributed by atoms with E-state index in [-0.39, 0.29) is 13.0 Å². The molecule has 1 aromatic carbocycles. The Morgan fingerprint density at radius 1 is 1.23 bits per heavy atom. The molecular weight excluding hydrogens is 351 g/mol. The summed E-state index contributed by atoms with van der Waals surface area (Å²) in [5.74, 6) is -0.918. The summed E-state index contributed by atoms with van der Waals surface area (Å²) in [6.07, 6.45) is -2.97. The molecule has 2 aromatic heterocycles. The summed E-state index contributed by atoms with van der Waals surface area (Å²) in [6.45, 7) is 0.0870. The molecule has 0 radical (unpaired) electrons. The number of halogens is 3. The van der Waals surface area contributed by atoms with Crippen LogP contribution in [-0.4, -0.2) is 35.9 Å². The van der Waals surface area contributed by atoms with Crippen molar-refractivity contribution in [1.29, 1.82) is 0 Å². The zero-order valence-electron chi connectivity index (χ0n) is 13.6. The lowest BCUT2D eigenvalue weighted by Crippen LogP contribution is -2.07. The standard InChI is InChI=1S/C16H14F3N5O2/c1-23-12(7-14(21-23)16(17,18)19)8-24-9-13(20-22-24)11-4-2-10(3-5-11)6-15(25)26/h2-5,7,9H,6,8H2,1H3,(H,25,26). The predicted octanol–water partition coefficient (Wildman–Crippen LogP) is 2.37. The molecular formula is C16H14F3N5O2. The molecule has 0 fully saturated rings. The van der Waals surface area contributed by atoms with Crippen molar-refractivity contribution >= 4 is 5.97 Å². The number of carbonyl (C=O) groups is 1. The number of aromatic nitrogens is 5. The summed E-state index contributed by atoms with van der Waals surface area (Å²) in [6, 6.07) is 7.78. The maximum absolute atomic E-state index is 12.7. The van der Waals surface area contributed by atoms with Gasteiger partial charge in [0.25, 0.3) is 0 Å². The largest absolute Gasteiger partial charge is 0.481 e. The predicted molar refractivity (Wildman–Crippen MR) is 84.1 cm³/mol. The average Bonchev–Trinajstić information content (AvgIpc) is 3.15. The van der Waals surface area contributed by atoms with Gasteiger partial charge in [0.15, 0.2) is 5.69 Å². The molecule has 0 saturated carbocycles. The number of aryl methyl sites for hydroxylation is 1. The highest BCUT2D eigenvalue weighted by atomic mass is 19.4. The van der Waals surface area contributed by atoms with Crippen LogP contribution >= 0.6 is 0 Å². The van der Waals surface area contributed by atoms with E-state index in [0.717, 1.165) is 16.3 Å². The van der Waals surface area contributed by atoms with E-state index >= 15 is 0 Å². The van der Waals surface area contributed by atoms with Crippen molar-refractivity contribution in [2.24, 2.45) is 7.05 Å². The third kappa shape index (κ3) is 3.90. The molecule has 0 atom stereocenters. The first-order valence-corrected chi connectivity index (χ1v) is 7.54. The van der Waals surface area contributed by atoms with Crippen molar-refractivity contribution in [1.82, 2.24) is 24.8 Å². The highest BCUT2D eigenvalue weighted by Crippen LogP contribution is 2.28. The van der Waals surface area contributed by atoms with Crippen LogP contribution in [0, 0.1) is 0 Å². The Bertz CT molecular complexity index is 928. The van der Waals surface area contributed by atoms with Gasteiger partial charge < -0.3 is 5.11 Å². The quantitative estimate of drug-likeness (QED) is 0.750. The van der Waals surface area contributed by atoms with Crippen LogP contribution in [-0.2, 0) is 31.0 Å². The van der Waals surface area contributed by atoms with E-state index in [4.69, 9.17) is 5.11 Å². The normalized spacial score (nSPS) is 11.7. The number of carboxylic acids is 1. The molecule has 136 valence electrons.